The Morgan fingerprint density at radius 3 is 2.20 bits per heavy atom. The maximum atomic E-state index is 10.4. The molecule has 4 nitrogen and oxygen atoms in total. The van der Waals surface area contributed by atoms with Gasteiger partial charge in [-0.05, 0) is 45.4 Å². The molecule has 0 fully saturated rings. The van der Waals surface area contributed by atoms with E-state index in [1.807, 2.05) is 49.0 Å². The van der Waals surface area contributed by atoms with Crippen molar-refractivity contribution in [1.29, 1.82) is 0 Å². The van der Waals surface area contributed by atoms with Gasteiger partial charge in [-0.2, -0.15) is 5.10 Å². The van der Waals surface area contributed by atoms with E-state index in [0.29, 0.717) is 0 Å². The summed E-state index contributed by atoms with van der Waals surface area (Å²) in [5, 5.41) is 14.6. The molecule has 1 aromatic carbocycles. The van der Waals surface area contributed by atoms with Crippen molar-refractivity contribution in [3.63, 3.8) is 0 Å². The molecule has 20 heavy (non-hydrogen) atoms. The van der Waals surface area contributed by atoms with Gasteiger partial charge >= 0.3 is 0 Å². The second-order valence-electron chi connectivity index (χ2n) is 5.49. The fraction of sp³-hybridized carbons (Fsp3) is 0.438. The largest absolute Gasteiger partial charge is 0.491 e. The topological polar surface area (TPSA) is 47.3 Å². The predicted octanol–water partition coefficient (Wildman–Crippen LogP) is 3.33. The molecule has 4 heteroatoms. The van der Waals surface area contributed by atoms with Crippen LogP contribution in [0.1, 0.15) is 51.0 Å². The second kappa shape index (κ2) is 6.09. The zero-order valence-electron chi connectivity index (χ0n) is 12.4. The van der Waals surface area contributed by atoms with Crippen LogP contribution in [0, 0.1) is 0 Å². The Kier molecular flexibility index (Phi) is 4.45. The van der Waals surface area contributed by atoms with Crippen LogP contribution in [0.2, 0.25) is 0 Å². The van der Waals surface area contributed by atoms with Gasteiger partial charge in [-0.3, -0.25) is 4.68 Å². The first-order valence-corrected chi connectivity index (χ1v) is 6.96. The molecular formula is C16H22N2O2. The number of aromatic nitrogens is 2. The quantitative estimate of drug-likeness (QED) is 0.909. The average Bonchev–Trinajstić information content (AvgIpc) is 2.88. The van der Waals surface area contributed by atoms with Gasteiger partial charge in [0.05, 0.1) is 12.3 Å². The normalized spacial score (nSPS) is 12.9. The summed E-state index contributed by atoms with van der Waals surface area (Å²) in [5.74, 6) is 0.814. The molecule has 1 unspecified atom stereocenters. The number of aliphatic hydroxyl groups excluding tert-OH is 1. The van der Waals surface area contributed by atoms with Gasteiger partial charge < -0.3 is 9.84 Å². The Bertz CT molecular complexity index is 544. The number of nitrogens with zero attached hydrogens (tertiary/aromatic N) is 2. The smallest absolute Gasteiger partial charge is 0.119 e. The van der Waals surface area contributed by atoms with Crippen LogP contribution < -0.4 is 4.74 Å². The summed E-state index contributed by atoms with van der Waals surface area (Å²) in [6.45, 7) is 8.09. The van der Waals surface area contributed by atoms with Crippen molar-refractivity contribution < 1.29 is 9.84 Å². The Morgan fingerprint density at radius 2 is 1.70 bits per heavy atom. The van der Waals surface area contributed by atoms with E-state index in [-0.39, 0.29) is 12.1 Å². The van der Waals surface area contributed by atoms with Crippen molar-refractivity contribution in [2.24, 2.45) is 0 Å². The first-order chi connectivity index (χ1) is 9.47. The van der Waals surface area contributed by atoms with Crippen LogP contribution in [0.3, 0.4) is 0 Å². The highest BCUT2D eigenvalue weighted by atomic mass is 16.5. The van der Waals surface area contributed by atoms with Gasteiger partial charge in [0, 0.05) is 17.8 Å². The molecule has 2 aromatic rings. The summed E-state index contributed by atoms with van der Waals surface area (Å²) in [6, 6.07) is 7.82. The van der Waals surface area contributed by atoms with Crippen LogP contribution in [0.4, 0.5) is 0 Å². The van der Waals surface area contributed by atoms with Crippen molar-refractivity contribution in [1.82, 2.24) is 9.78 Å². The average molecular weight is 274 g/mol. The summed E-state index contributed by atoms with van der Waals surface area (Å²) >= 11 is 0. The molecule has 2 rings (SSSR count). The first kappa shape index (κ1) is 14.6. The van der Waals surface area contributed by atoms with Gasteiger partial charge in [-0.1, -0.05) is 12.1 Å². The monoisotopic (exact) mass is 274 g/mol. The Morgan fingerprint density at radius 1 is 1.05 bits per heavy atom. The van der Waals surface area contributed by atoms with Crippen molar-refractivity contribution in [3.8, 4) is 5.75 Å². The third-order valence-electron chi connectivity index (χ3n) is 3.03. The lowest BCUT2D eigenvalue weighted by molar-refractivity contribution is 0.219. The Balaban J connectivity index is 2.13. The molecule has 1 atom stereocenters. The third kappa shape index (κ3) is 3.39. The maximum absolute atomic E-state index is 10.4. The third-order valence-corrected chi connectivity index (χ3v) is 3.03. The van der Waals surface area contributed by atoms with Gasteiger partial charge in [0.15, 0.2) is 0 Å². The highest BCUT2D eigenvalue weighted by molar-refractivity contribution is 5.32. The fourth-order valence-corrected chi connectivity index (χ4v) is 1.97. The van der Waals surface area contributed by atoms with E-state index in [9.17, 15) is 5.11 Å². The number of hydrogen-bond donors (Lipinski definition) is 1. The number of benzene rings is 1. The fourth-order valence-electron chi connectivity index (χ4n) is 1.97. The molecule has 1 heterocycles. The molecule has 0 saturated heterocycles. The van der Waals surface area contributed by atoms with Crippen LogP contribution in [0.15, 0.2) is 36.7 Å². The van der Waals surface area contributed by atoms with Crippen LogP contribution in [-0.4, -0.2) is 21.0 Å². The first-order valence-electron chi connectivity index (χ1n) is 6.96. The molecular weight excluding hydrogens is 252 g/mol. The lowest BCUT2D eigenvalue weighted by Gasteiger charge is -2.12. The van der Waals surface area contributed by atoms with Crippen molar-refractivity contribution >= 4 is 0 Å². The molecule has 0 aliphatic heterocycles. The SMILES string of the molecule is CC(C)Oc1ccc(C(O)c2cnn(C(C)C)c2)cc1. The summed E-state index contributed by atoms with van der Waals surface area (Å²) in [5.41, 5.74) is 1.64. The van der Waals surface area contributed by atoms with E-state index in [4.69, 9.17) is 4.74 Å². The highest BCUT2D eigenvalue weighted by Crippen LogP contribution is 2.24. The van der Waals surface area contributed by atoms with E-state index in [0.717, 1.165) is 16.9 Å². The molecule has 0 amide bonds. The van der Waals surface area contributed by atoms with Gasteiger partial charge in [-0.25, -0.2) is 0 Å². The van der Waals surface area contributed by atoms with Crippen LogP contribution in [-0.2, 0) is 0 Å². The second-order valence-corrected chi connectivity index (χ2v) is 5.49. The molecule has 108 valence electrons. The Labute approximate surface area is 120 Å². The lowest BCUT2D eigenvalue weighted by atomic mass is 10.0. The van der Waals surface area contributed by atoms with Gasteiger partial charge in [0.2, 0.25) is 0 Å². The van der Waals surface area contributed by atoms with Crippen molar-refractivity contribution in [2.45, 2.75) is 45.9 Å². The van der Waals surface area contributed by atoms with Crippen LogP contribution in [0.25, 0.3) is 0 Å². The van der Waals surface area contributed by atoms with Gasteiger partial charge in [0.25, 0.3) is 0 Å². The maximum Gasteiger partial charge on any atom is 0.119 e. The molecule has 0 saturated carbocycles. The number of ether oxygens (including phenoxy) is 1. The Hall–Kier alpha value is -1.81. The summed E-state index contributed by atoms with van der Waals surface area (Å²) in [7, 11) is 0. The van der Waals surface area contributed by atoms with Gasteiger partial charge in [-0.15, -0.1) is 0 Å². The zero-order valence-corrected chi connectivity index (χ0v) is 12.4. The molecule has 0 bridgehead atoms. The molecule has 0 aliphatic rings. The van der Waals surface area contributed by atoms with Crippen molar-refractivity contribution in [2.75, 3.05) is 0 Å². The highest BCUT2D eigenvalue weighted by Gasteiger charge is 2.13. The van der Waals surface area contributed by atoms with E-state index in [1.54, 1.807) is 6.20 Å². The van der Waals surface area contributed by atoms with Crippen molar-refractivity contribution in [3.05, 3.63) is 47.8 Å². The van der Waals surface area contributed by atoms with Crippen LogP contribution >= 0.6 is 0 Å². The molecule has 1 aromatic heterocycles. The van der Waals surface area contributed by atoms with Crippen LogP contribution in [0.5, 0.6) is 5.75 Å². The lowest BCUT2D eigenvalue weighted by Crippen LogP contribution is -2.06. The van der Waals surface area contributed by atoms with E-state index < -0.39 is 6.10 Å². The molecule has 0 aliphatic carbocycles. The number of aliphatic hydroxyl groups is 1. The van der Waals surface area contributed by atoms with E-state index in [2.05, 4.69) is 18.9 Å². The van der Waals surface area contributed by atoms with E-state index in [1.165, 1.54) is 0 Å². The molecule has 0 radical (unpaired) electrons. The molecule has 0 spiro atoms. The summed E-state index contributed by atoms with van der Waals surface area (Å²) < 4.78 is 7.43. The van der Waals surface area contributed by atoms with Gasteiger partial charge in [0.1, 0.15) is 11.9 Å². The number of hydrogen-bond acceptors (Lipinski definition) is 3. The predicted molar refractivity (Wildman–Crippen MR) is 78.9 cm³/mol. The number of rotatable bonds is 5. The molecule has 1 N–H and O–H groups in total. The zero-order chi connectivity index (χ0) is 14.7. The summed E-state index contributed by atoms with van der Waals surface area (Å²) in [4.78, 5) is 0. The minimum absolute atomic E-state index is 0.148. The van der Waals surface area contributed by atoms with E-state index >= 15 is 0 Å². The standard InChI is InChI=1S/C16H22N2O2/c1-11(2)18-10-14(9-17-18)16(19)13-5-7-15(8-6-13)20-12(3)4/h5-12,16,19H,1-4H3. The minimum atomic E-state index is -0.657. The summed E-state index contributed by atoms with van der Waals surface area (Å²) in [6.07, 6.45) is 3.09. The minimum Gasteiger partial charge on any atom is -0.491 e.